The molecule has 94 valence electrons. The van der Waals surface area contributed by atoms with E-state index < -0.39 is 0 Å². The summed E-state index contributed by atoms with van der Waals surface area (Å²) in [5.74, 6) is 0.546. The van der Waals surface area contributed by atoms with Crippen LogP contribution in [-0.2, 0) is 6.42 Å². The predicted octanol–water partition coefficient (Wildman–Crippen LogP) is 2.77. The van der Waals surface area contributed by atoms with Gasteiger partial charge in [-0.15, -0.1) is 0 Å². The first-order chi connectivity index (χ1) is 8.04. The van der Waals surface area contributed by atoms with Crippen LogP contribution in [0.15, 0.2) is 24.3 Å². The maximum Gasteiger partial charge on any atom is 0.269 e. The number of rotatable bonds is 6. The highest BCUT2D eigenvalue weighted by atomic mass is 16.6. The van der Waals surface area contributed by atoms with Crippen LogP contribution in [0.4, 0.5) is 5.69 Å². The molecule has 1 rings (SSSR count). The summed E-state index contributed by atoms with van der Waals surface area (Å²) in [6.45, 7) is 7.39. The molecule has 0 spiro atoms. The molecule has 1 aromatic carbocycles. The molecule has 0 aromatic heterocycles. The van der Waals surface area contributed by atoms with Gasteiger partial charge in [-0.25, -0.2) is 0 Å². The third kappa shape index (κ3) is 4.15. The largest absolute Gasteiger partial charge is 0.314 e. The van der Waals surface area contributed by atoms with Crippen molar-refractivity contribution >= 4 is 5.69 Å². The smallest absolute Gasteiger partial charge is 0.269 e. The molecule has 1 aromatic rings. The summed E-state index contributed by atoms with van der Waals surface area (Å²) < 4.78 is 0. The maximum atomic E-state index is 10.5. The predicted molar refractivity (Wildman–Crippen MR) is 69.1 cm³/mol. The number of hydrogen-bond donors (Lipinski definition) is 1. The van der Waals surface area contributed by atoms with E-state index in [9.17, 15) is 10.1 Å². The number of nitrogens with zero attached hydrogens (tertiary/aromatic N) is 1. The normalized spacial score (nSPS) is 12.7. The van der Waals surface area contributed by atoms with E-state index >= 15 is 0 Å². The average Bonchev–Trinajstić information content (AvgIpc) is 2.29. The summed E-state index contributed by atoms with van der Waals surface area (Å²) in [6.07, 6.45) is 0.906. The molecule has 0 aliphatic carbocycles. The van der Waals surface area contributed by atoms with Crippen molar-refractivity contribution in [1.82, 2.24) is 5.32 Å². The molecule has 0 saturated heterocycles. The van der Waals surface area contributed by atoms with Crippen LogP contribution >= 0.6 is 0 Å². The minimum absolute atomic E-state index is 0.151. The Morgan fingerprint density at radius 1 is 1.29 bits per heavy atom. The molecule has 0 fully saturated rings. The van der Waals surface area contributed by atoms with Crippen LogP contribution in [0, 0.1) is 16.0 Å². The van der Waals surface area contributed by atoms with Gasteiger partial charge in [-0.1, -0.05) is 32.9 Å². The van der Waals surface area contributed by atoms with Gasteiger partial charge in [0.05, 0.1) is 4.92 Å². The highest BCUT2D eigenvalue weighted by Gasteiger charge is 2.13. The SMILES string of the molecule is CCNC(Cc1ccc([N+](=O)[O-])cc1)C(C)C. The second kappa shape index (κ2) is 6.35. The number of hydrogen-bond acceptors (Lipinski definition) is 3. The molecule has 0 aliphatic heterocycles. The lowest BCUT2D eigenvalue weighted by molar-refractivity contribution is -0.384. The Morgan fingerprint density at radius 2 is 1.88 bits per heavy atom. The first-order valence-corrected chi connectivity index (χ1v) is 6.01. The number of non-ortho nitro benzene ring substituents is 1. The minimum atomic E-state index is -0.367. The van der Waals surface area contributed by atoms with E-state index in [2.05, 4.69) is 26.1 Å². The highest BCUT2D eigenvalue weighted by Crippen LogP contribution is 2.15. The lowest BCUT2D eigenvalue weighted by atomic mass is 9.96. The molecular formula is C13H20N2O2. The van der Waals surface area contributed by atoms with Crippen molar-refractivity contribution in [2.45, 2.75) is 33.2 Å². The molecule has 0 heterocycles. The molecule has 1 unspecified atom stereocenters. The van der Waals surface area contributed by atoms with Crippen LogP contribution in [0.25, 0.3) is 0 Å². The number of nitro groups is 1. The van der Waals surface area contributed by atoms with Gasteiger partial charge in [-0.3, -0.25) is 10.1 Å². The first-order valence-electron chi connectivity index (χ1n) is 6.01. The monoisotopic (exact) mass is 236 g/mol. The van der Waals surface area contributed by atoms with Crippen molar-refractivity contribution in [2.75, 3.05) is 6.54 Å². The van der Waals surface area contributed by atoms with E-state index in [4.69, 9.17) is 0 Å². The third-order valence-corrected chi connectivity index (χ3v) is 2.87. The maximum absolute atomic E-state index is 10.5. The van der Waals surface area contributed by atoms with Crippen molar-refractivity contribution in [3.05, 3.63) is 39.9 Å². The van der Waals surface area contributed by atoms with Crippen LogP contribution in [0.3, 0.4) is 0 Å². The van der Waals surface area contributed by atoms with E-state index in [0.29, 0.717) is 12.0 Å². The van der Waals surface area contributed by atoms with Gasteiger partial charge in [0.25, 0.3) is 5.69 Å². The number of nitrogens with one attached hydrogen (secondary N) is 1. The van der Waals surface area contributed by atoms with Gasteiger partial charge in [0.1, 0.15) is 0 Å². The number of likely N-dealkylation sites (N-methyl/N-ethyl adjacent to an activating group) is 1. The van der Waals surface area contributed by atoms with Crippen LogP contribution < -0.4 is 5.32 Å². The van der Waals surface area contributed by atoms with Gasteiger partial charge in [-0.05, 0) is 24.4 Å². The molecular weight excluding hydrogens is 216 g/mol. The Bertz CT molecular complexity index is 360. The molecule has 0 radical (unpaired) electrons. The quantitative estimate of drug-likeness (QED) is 0.610. The van der Waals surface area contributed by atoms with Gasteiger partial charge in [0, 0.05) is 18.2 Å². The van der Waals surface area contributed by atoms with Gasteiger partial charge in [-0.2, -0.15) is 0 Å². The zero-order chi connectivity index (χ0) is 12.8. The van der Waals surface area contributed by atoms with Gasteiger partial charge in [0.2, 0.25) is 0 Å². The van der Waals surface area contributed by atoms with Gasteiger partial charge < -0.3 is 5.32 Å². The summed E-state index contributed by atoms with van der Waals surface area (Å²) in [4.78, 5) is 10.2. The molecule has 4 nitrogen and oxygen atoms in total. The van der Waals surface area contributed by atoms with Crippen molar-refractivity contribution in [3.8, 4) is 0 Å². The average molecular weight is 236 g/mol. The van der Waals surface area contributed by atoms with Crippen molar-refractivity contribution in [3.63, 3.8) is 0 Å². The molecule has 0 amide bonds. The Hall–Kier alpha value is -1.42. The Morgan fingerprint density at radius 3 is 2.29 bits per heavy atom. The Labute approximate surface area is 102 Å². The molecule has 0 saturated carbocycles. The molecule has 1 N–H and O–H groups in total. The van der Waals surface area contributed by atoms with E-state index in [1.807, 2.05) is 12.1 Å². The second-order valence-electron chi connectivity index (χ2n) is 4.54. The molecule has 0 bridgehead atoms. The van der Waals surface area contributed by atoms with Crippen molar-refractivity contribution in [1.29, 1.82) is 0 Å². The Kier molecular flexibility index (Phi) is 5.10. The van der Waals surface area contributed by atoms with Crippen LogP contribution in [0.2, 0.25) is 0 Å². The van der Waals surface area contributed by atoms with Crippen LogP contribution in [0.5, 0.6) is 0 Å². The zero-order valence-corrected chi connectivity index (χ0v) is 10.6. The fraction of sp³-hybridized carbons (Fsp3) is 0.538. The number of nitro benzene ring substituents is 1. The lowest BCUT2D eigenvalue weighted by Gasteiger charge is -2.21. The first kappa shape index (κ1) is 13.6. The van der Waals surface area contributed by atoms with E-state index in [-0.39, 0.29) is 10.6 Å². The summed E-state index contributed by atoms with van der Waals surface area (Å²) >= 11 is 0. The summed E-state index contributed by atoms with van der Waals surface area (Å²) in [7, 11) is 0. The molecule has 17 heavy (non-hydrogen) atoms. The molecule has 1 atom stereocenters. The third-order valence-electron chi connectivity index (χ3n) is 2.87. The van der Waals surface area contributed by atoms with Crippen molar-refractivity contribution < 1.29 is 4.92 Å². The van der Waals surface area contributed by atoms with Crippen molar-refractivity contribution in [2.24, 2.45) is 5.92 Å². The summed E-state index contributed by atoms with van der Waals surface area (Å²) in [6, 6.07) is 7.23. The van der Waals surface area contributed by atoms with E-state index in [1.54, 1.807) is 12.1 Å². The fourth-order valence-electron chi connectivity index (χ4n) is 1.81. The summed E-state index contributed by atoms with van der Waals surface area (Å²) in [5, 5.41) is 14.0. The van der Waals surface area contributed by atoms with Gasteiger partial charge in [0.15, 0.2) is 0 Å². The highest BCUT2D eigenvalue weighted by molar-refractivity contribution is 5.33. The topological polar surface area (TPSA) is 55.2 Å². The zero-order valence-electron chi connectivity index (χ0n) is 10.6. The van der Waals surface area contributed by atoms with E-state index in [1.165, 1.54) is 0 Å². The number of benzene rings is 1. The van der Waals surface area contributed by atoms with Crippen LogP contribution in [-0.4, -0.2) is 17.5 Å². The van der Waals surface area contributed by atoms with Gasteiger partial charge >= 0.3 is 0 Å². The van der Waals surface area contributed by atoms with Crippen LogP contribution in [0.1, 0.15) is 26.3 Å². The Balaban J connectivity index is 2.69. The second-order valence-corrected chi connectivity index (χ2v) is 4.54. The molecule has 4 heteroatoms. The molecule has 0 aliphatic rings. The fourth-order valence-corrected chi connectivity index (χ4v) is 1.81. The minimum Gasteiger partial charge on any atom is -0.314 e. The standard InChI is InChI=1S/C13H20N2O2/c1-4-14-13(10(2)3)9-11-5-7-12(8-6-11)15(16)17/h5-8,10,13-14H,4,9H2,1-3H3. The van der Waals surface area contributed by atoms with E-state index in [0.717, 1.165) is 18.5 Å². The lowest BCUT2D eigenvalue weighted by Crippen LogP contribution is -2.35. The summed E-state index contributed by atoms with van der Waals surface area (Å²) in [5.41, 5.74) is 1.29.